The smallest absolute Gasteiger partial charge is 0.252 e. The van der Waals surface area contributed by atoms with Gasteiger partial charge in [0.25, 0.3) is 11.5 Å². The van der Waals surface area contributed by atoms with Gasteiger partial charge in [-0.25, -0.2) is 0 Å². The second kappa shape index (κ2) is 8.42. The molecule has 1 amide bonds. The summed E-state index contributed by atoms with van der Waals surface area (Å²) in [5.74, 6) is 0.701. The number of piperidine rings is 1. The summed E-state index contributed by atoms with van der Waals surface area (Å²) < 4.78 is 5.26. The molecule has 3 atom stereocenters. The lowest BCUT2D eigenvalue weighted by atomic mass is 9.83. The summed E-state index contributed by atoms with van der Waals surface area (Å²) in [6, 6.07) is 12.1. The minimum absolute atomic E-state index is 0.0152. The molecule has 3 heterocycles. The normalized spacial score (nSPS) is 22.1. The fourth-order valence-corrected chi connectivity index (χ4v) is 5.05. The van der Waals surface area contributed by atoms with Crippen LogP contribution in [0, 0.1) is 5.92 Å². The Morgan fingerprint density at radius 3 is 2.53 bits per heavy atom. The highest BCUT2D eigenvalue weighted by atomic mass is 35.6. The third-order valence-electron chi connectivity index (χ3n) is 5.80. The average molecular weight is 471 g/mol. The molecule has 2 bridgehead atoms. The lowest BCUT2D eigenvalue weighted by Crippen LogP contribution is -2.60. The third kappa shape index (κ3) is 4.33. The number of pyridine rings is 1. The van der Waals surface area contributed by atoms with E-state index in [4.69, 9.17) is 39.5 Å². The van der Waals surface area contributed by atoms with Crippen LogP contribution in [-0.2, 0) is 6.54 Å². The highest BCUT2D eigenvalue weighted by molar-refractivity contribution is 6.68. The SMILES string of the molecule is COc1ccc(C(=O)N[C@H](N2C[C@@H]3C[C@H](C2)c2cccc(=O)n2C3)C(Cl)(Cl)Cl)cc1. The van der Waals surface area contributed by atoms with E-state index >= 15 is 0 Å². The lowest BCUT2D eigenvalue weighted by molar-refractivity contribution is 0.0586. The van der Waals surface area contributed by atoms with Crippen LogP contribution in [0.2, 0.25) is 0 Å². The Balaban J connectivity index is 1.56. The van der Waals surface area contributed by atoms with E-state index in [0.717, 1.165) is 12.1 Å². The van der Waals surface area contributed by atoms with Crippen molar-refractivity contribution in [3.05, 3.63) is 64.1 Å². The van der Waals surface area contributed by atoms with Crippen molar-refractivity contribution in [3.8, 4) is 5.75 Å². The summed E-state index contributed by atoms with van der Waals surface area (Å²) in [6.07, 6.45) is 0.170. The van der Waals surface area contributed by atoms with Crippen molar-refractivity contribution in [3.63, 3.8) is 0 Å². The predicted octanol–water partition coefficient (Wildman–Crippen LogP) is 3.40. The van der Waals surface area contributed by atoms with Crippen LogP contribution in [0.3, 0.4) is 0 Å². The van der Waals surface area contributed by atoms with Gasteiger partial charge >= 0.3 is 0 Å². The van der Waals surface area contributed by atoms with Gasteiger partial charge in [0, 0.05) is 42.9 Å². The molecule has 6 nitrogen and oxygen atoms in total. The minimum atomic E-state index is -1.72. The number of nitrogens with one attached hydrogen (secondary N) is 1. The fraction of sp³-hybridized carbons (Fsp3) is 0.429. The molecular weight excluding hydrogens is 449 g/mol. The summed E-state index contributed by atoms with van der Waals surface area (Å²) in [6.45, 7) is 1.83. The molecule has 30 heavy (non-hydrogen) atoms. The Labute approximate surface area is 189 Å². The quantitative estimate of drug-likeness (QED) is 0.696. The monoisotopic (exact) mass is 469 g/mol. The van der Waals surface area contributed by atoms with Crippen LogP contribution in [0.25, 0.3) is 0 Å². The fourth-order valence-electron chi connectivity index (χ4n) is 4.47. The number of methoxy groups -OCH3 is 1. The molecule has 2 aliphatic rings. The van der Waals surface area contributed by atoms with E-state index in [2.05, 4.69) is 5.32 Å². The summed E-state index contributed by atoms with van der Waals surface area (Å²) in [5.41, 5.74) is 1.46. The van der Waals surface area contributed by atoms with Crippen LogP contribution >= 0.6 is 34.8 Å². The summed E-state index contributed by atoms with van der Waals surface area (Å²) in [5, 5.41) is 2.89. The standard InChI is InChI=1S/C21H22Cl3N3O3/c1-30-16-7-5-14(6-8-16)19(29)25-20(21(22,23)24)26-10-13-9-15(12-26)17-3-2-4-18(28)27(17)11-13/h2-8,13,15,20H,9-12H2,1H3,(H,25,29)/t13-,15+,20+/m0/s1. The number of rotatable bonds is 4. The van der Waals surface area contributed by atoms with E-state index in [1.165, 1.54) is 0 Å². The van der Waals surface area contributed by atoms with E-state index in [9.17, 15) is 9.59 Å². The number of carbonyl (C=O) groups excluding carboxylic acids is 1. The number of aromatic nitrogens is 1. The molecule has 0 radical (unpaired) electrons. The van der Waals surface area contributed by atoms with Gasteiger partial charge in [-0.2, -0.15) is 0 Å². The molecule has 2 aromatic rings. The maximum absolute atomic E-state index is 12.8. The van der Waals surface area contributed by atoms with Crippen molar-refractivity contribution in [1.82, 2.24) is 14.8 Å². The second-order valence-corrected chi connectivity index (χ2v) is 10.2. The summed E-state index contributed by atoms with van der Waals surface area (Å²) >= 11 is 18.9. The number of likely N-dealkylation sites (tertiary alicyclic amines) is 1. The predicted molar refractivity (Wildman–Crippen MR) is 118 cm³/mol. The number of ether oxygens (including phenoxy) is 1. The molecule has 1 aromatic heterocycles. The maximum atomic E-state index is 12.8. The number of carbonyl (C=O) groups is 1. The molecule has 1 fully saturated rings. The van der Waals surface area contributed by atoms with Gasteiger partial charge in [0.2, 0.25) is 3.79 Å². The zero-order valence-corrected chi connectivity index (χ0v) is 18.6. The molecule has 160 valence electrons. The minimum Gasteiger partial charge on any atom is -0.497 e. The van der Waals surface area contributed by atoms with E-state index in [1.807, 2.05) is 15.5 Å². The van der Waals surface area contributed by atoms with Gasteiger partial charge in [-0.3, -0.25) is 14.5 Å². The molecule has 0 unspecified atom stereocenters. The van der Waals surface area contributed by atoms with Gasteiger partial charge in [-0.05, 0) is 42.7 Å². The Hall–Kier alpha value is -1.73. The first-order valence-electron chi connectivity index (χ1n) is 9.71. The van der Waals surface area contributed by atoms with Crippen molar-refractivity contribution in [2.75, 3.05) is 20.2 Å². The molecule has 0 spiro atoms. The van der Waals surface area contributed by atoms with Gasteiger partial charge < -0.3 is 14.6 Å². The molecule has 1 saturated heterocycles. The van der Waals surface area contributed by atoms with Crippen molar-refractivity contribution in [2.45, 2.75) is 28.8 Å². The van der Waals surface area contributed by atoms with E-state index in [0.29, 0.717) is 30.9 Å². The second-order valence-electron chi connectivity index (χ2n) is 7.80. The highest BCUT2D eigenvalue weighted by Gasteiger charge is 2.44. The number of halogens is 3. The molecule has 0 saturated carbocycles. The molecular formula is C21H22Cl3N3O3. The van der Waals surface area contributed by atoms with Gasteiger partial charge in [-0.15, -0.1) is 0 Å². The number of hydrogen-bond donors (Lipinski definition) is 1. The van der Waals surface area contributed by atoms with Crippen LogP contribution in [0.5, 0.6) is 5.75 Å². The van der Waals surface area contributed by atoms with Crippen LogP contribution < -0.4 is 15.6 Å². The highest BCUT2D eigenvalue weighted by Crippen LogP contribution is 2.40. The third-order valence-corrected chi connectivity index (χ3v) is 6.42. The first-order valence-corrected chi connectivity index (χ1v) is 10.8. The number of hydrogen-bond acceptors (Lipinski definition) is 4. The van der Waals surface area contributed by atoms with E-state index in [-0.39, 0.29) is 23.3 Å². The Morgan fingerprint density at radius 2 is 1.87 bits per heavy atom. The topological polar surface area (TPSA) is 63.6 Å². The number of benzene rings is 1. The Morgan fingerprint density at radius 1 is 1.13 bits per heavy atom. The van der Waals surface area contributed by atoms with Crippen LogP contribution in [-0.4, -0.2) is 45.5 Å². The van der Waals surface area contributed by atoms with Crippen molar-refractivity contribution < 1.29 is 9.53 Å². The van der Waals surface area contributed by atoms with Gasteiger partial charge in [-0.1, -0.05) is 40.9 Å². The zero-order valence-electron chi connectivity index (χ0n) is 16.4. The molecule has 9 heteroatoms. The number of amides is 1. The van der Waals surface area contributed by atoms with Crippen LogP contribution in [0.15, 0.2) is 47.3 Å². The molecule has 0 aliphatic carbocycles. The number of fused-ring (bicyclic) bond motifs is 4. The maximum Gasteiger partial charge on any atom is 0.252 e. The van der Waals surface area contributed by atoms with Gasteiger partial charge in [0.15, 0.2) is 0 Å². The molecule has 1 N–H and O–H groups in total. The van der Waals surface area contributed by atoms with Crippen LogP contribution in [0.1, 0.15) is 28.4 Å². The average Bonchev–Trinajstić information content (AvgIpc) is 2.71. The lowest BCUT2D eigenvalue weighted by Gasteiger charge is -2.47. The largest absolute Gasteiger partial charge is 0.497 e. The van der Waals surface area contributed by atoms with Crippen molar-refractivity contribution >= 4 is 40.7 Å². The Bertz CT molecular complexity index is 987. The van der Waals surface area contributed by atoms with Crippen molar-refractivity contribution in [1.29, 1.82) is 0 Å². The van der Waals surface area contributed by atoms with Gasteiger partial charge in [0.1, 0.15) is 11.9 Å². The molecule has 1 aromatic carbocycles. The first-order chi connectivity index (χ1) is 14.3. The van der Waals surface area contributed by atoms with Gasteiger partial charge in [0.05, 0.1) is 7.11 Å². The van der Waals surface area contributed by atoms with E-state index < -0.39 is 9.96 Å². The zero-order chi connectivity index (χ0) is 21.5. The number of alkyl halides is 3. The summed E-state index contributed by atoms with van der Waals surface area (Å²) in [7, 11) is 1.56. The number of nitrogens with zero attached hydrogens (tertiary/aromatic N) is 2. The van der Waals surface area contributed by atoms with E-state index in [1.54, 1.807) is 43.5 Å². The van der Waals surface area contributed by atoms with Crippen molar-refractivity contribution in [2.24, 2.45) is 5.92 Å². The first kappa shape index (κ1) is 21.5. The molecule has 4 rings (SSSR count). The molecule has 2 aliphatic heterocycles. The summed E-state index contributed by atoms with van der Waals surface area (Å²) in [4.78, 5) is 27.1. The van der Waals surface area contributed by atoms with Crippen LogP contribution in [0.4, 0.5) is 0 Å². The Kier molecular flexibility index (Phi) is 6.04.